The maximum atomic E-state index is 11.7. The van der Waals surface area contributed by atoms with Crippen LogP contribution < -0.4 is 0 Å². The van der Waals surface area contributed by atoms with Crippen molar-refractivity contribution >= 4 is 5.97 Å². The third kappa shape index (κ3) is 2.56. The summed E-state index contributed by atoms with van der Waals surface area (Å²) in [6.45, 7) is 5.92. The Morgan fingerprint density at radius 2 is 2.17 bits per heavy atom. The molecule has 18 heavy (non-hydrogen) atoms. The summed E-state index contributed by atoms with van der Waals surface area (Å²) in [4.78, 5) is 11.7. The summed E-state index contributed by atoms with van der Waals surface area (Å²) in [6, 6.07) is 0. The van der Waals surface area contributed by atoms with Gasteiger partial charge in [0, 0.05) is 11.0 Å². The second-order valence-electron chi connectivity index (χ2n) is 5.63. The van der Waals surface area contributed by atoms with Crippen LogP contribution in [0.2, 0.25) is 0 Å². The van der Waals surface area contributed by atoms with Crippen molar-refractivity contribution in [1.29, 1.82) is 0 Å². The number of hydrogen-bond acceptors (Lipinski definition) is 3. The van der Waals surface area contributed by atoms with E-state index in [1.54, 1.807) is 6.08 Å². The fourth-order valence-corrected chi connectivity index (χ4v) is 2.19. The van der Waals surface area contributed by atoms with Gasteiger partial charge in [-0.1, -0.05) is 32.1 Å². The summed E-state index contributed by atoms with van der Waals surface area (Å²) in [6.07, 6.45) is 8.25. The van der Waals surface area contributed by atoms with Gasteiger partial charge in [0.25, 0.3) is 0 Å². The van der Waals surface area contributed by atoms with Crippen LogP contribution in [0, 0.1) is 5.41 Å². The quantitative estimate of drug-likeness (QED) is 0.529. The Hall–Kier alpha value is -1.35. The Morgan fingerprint density at radius 3 is 2.89 bits per heavy atom. The molecule has 1 heterocycles. The minimum atomic E-state index is -0.554. The maximum absolute atomic E-state index is 11.7. The van der Waals surface area contributed by atoms with Crippen LogP contribution in [0.15, 0.2) is 35.5 Å². The van der Waals surface area contributed by atoms with Gasteiger partial charge in [-0.15, -0.1) is 0 Å². The molecule has 3 nitrogen and oxygen atoms in total. The van der Waals surface area contributed by atoms with E-state index >= 15 is 0 Å². The second-order valence-corrected chi connectivity index (χ2v) is 5.63. The highest BCUT2D eigenvalue weighted by Crippen LogP contribution is 2.33. The van der Waals surface area contributed by atoms with Crippen molar-refractivity contribution in [1.82, 2.24) is 0 Å². The molecule has 0 amide bonds. The minimum Gasteiger partial charge on any atom is -0.454 e. The Bertz CT molecular complexity index is 441. The Labute approximate surface area is 108 Å². The summed E-state index contributed by atoms with van der Waals surface area (Å²) < 4.78 is 5.39. The molecule has 0 aromatic heterocycles. The van der Waals surface area contributed by atoms with Gasteiger partial charge < -0.3 is 9.84 Å². The number of carbonyl (C=O) groups excluding carboxylic acids is 1. The van der Waals surface area contributed by atoms with Crippen molar-refractivity contribution in [2.75, 3.05) is 0 Å². The van der Waals surface area contributed by atoms with Crippen LogP contribution in [0.25, 0.3) is 0 Å². The average molecular weight is 248 g/mol. The van der Waals surface area contributed by atoms with E-state index < -0.39 is 6.10 Å². The third-order valence-electron chi connectivity index (χ3n) is 3.64. The van der Waals surface area contributed by atoms with E-state index in [-0.39, 0.29) is 17.5 Å². The largest absolute Gasteiger partial charge is 0.454 e. The van der Waals surface area contributed by atoms with Crippen molar-refractivity contribution in [3.63, 3.8) is 0 Å². The highest BCUT2D eigenvalue weighted by Gasteiger charge is 2.35. The molecule has 3 heteroatoms. The van der Waals surface area contributed by atoms with Crippen LogP contribution in [-0.2, 0) is 9.53 Å². The van der Waals surface area contributed by atoms with Crippen LogP contribution in [0.1, 0.15) is 33.6 Å². The normalized spacial score (nSPS) is 35.9. The molecule has 0 radical (unpaired) electrons. The SMILES string of the molecule is C/C1=C/CCC2=C[C@H](OC2=O)C(C)(C)/C=C/[C@@H]1O. The van der Waals surface area contributed by atoms with E-state index in [1.165, 1.54) is 0 Å². The number of aliphatic hydroxyl groups excluding tert-OH is 1. The predicted molar refractivity (Wildman–Crippen MR) is 69.9 cm³/mol. The topological polar surface area (TPSA) is 46.5 Å². The molecule has 1 N–H and O–H groups in total. The zero-order valence-corrected chi connectivity index (χ0v) is 11.1. The van der Waals surface area contributed by atoms with Gasteiger partial charge in [-0.25, -0.2) is 4.79 Å². The third-order valence-corrected chi connectivity index (χ3v) is 3.64. The smallest absolute Gasteiger partial charge is 0.334 e. The van der Waals surface area contributed by atoms with Gasteiger partial charge in [0.1, 0.15) is 6.10 Å². The molecule has 0 saturated heterocycles. The predicted octanol–water partition coefficient (Wildman–Crippen LogP) is 2.52. The van der Waals surface area contributed by atoms with Gasteiger partial charge in [-0.2, -0.15) is 0 Å². The summed E-state index contributed by atoms with van der Waals surface area (Å²) in [7, 11) is 0. The van der Waals surface area contributed by atoms with Gasteiger partial charge in [0.2, 0.25) is 0 Å². The number of esters is 1. The highest BCUT2D eigenvalue weighted by molar-refractivity contribution is 5.91. The highest BCUT2D eigenvalue weighted by atomic mass is 16.5. The van der Waals surface area contributed by atoms with E-state index in [0.29, 0.717) is 6.42 Å². The van der Waals surface area contributed by atoms with Gasteiger partial charge in [-0.3, -0.25) is 0 Å². The first kappa shape index (κ1) is 13.1. The van der Waals surface area contributed by atoms with Crippen LogP contribution in [0.4, 0.5) is 0 Å². The molecule has 2 atom stereocenters. The molecular weight excluding hydrogens is 228 g/mol. The summed E-state index contributed by atoms with van der Waals surface area (Å²) in [5, 5.41) is 9.97. The number of ether oxygens (including phenoxy) is 1. The lowest BCUT2D eigenvalue weighted by Gasteiger charge is -2.26. The number of allylic oxidation sites excluding steroid dienone is 1. The van der Waals surface area contributed by atoms with Crippen LogP contribution >= 0.6 is 0 Å². The molecule has 0 aromatic rings. The van der Waals surface area contributed by atoms with Crippen LogP contribution in [0.3, 0.4) is 0 Å². The van der Waals surface area contributed by atoms with Crippen LogP contribution in [-0.4, -0.2) is 23.3 Å². The Kier molecular flexibility index (Phi) is 3.44. The van der Waals surface area contributed by atoms with Gasteiger partial charge in [0.15, 0.2) is 0 Å². The second kappa shape index (κ2) is 4.73. The minimum absolute atomic E-state index is 0.200. The lowest BCUT2D eigenvalue weighted by atomic mass is 9.85. The first-order valence-corrected chi connectivity index (χ1v) is 6.36. The van der Waals surface area contributed by atoms with Gasteiger partial charge in [-0.05, 0) is 31.4 Å². The molecule has 2 aliphatic rings. The van der Waals surface area contributed by atoms with E-state index in [1.807, 2.05) is 39.0 Å². The monoisotopic (exact) mass is 248 g/mol. The number of carbonyl (C=O) groups is 1. The standard InChI is InChI=1S/C15H20O3/c1-10-5-4-6-11-9-13(18-14(11)17)15(2,3)8-7-12(10)16/h5,7-9,12-13,16H,4,6H2,1-3H3/b8-7+,10-5-/t12-,13-/m0/s1. The zero-order chi connectivity index (χ0) is 13.3. The molecule has 2 rings (SSSR count). The molecule has 0 aromatic carbocycles. The molecule has 1 aliphatic heterocycles. The molecule has 0 fully saturated rings. The van der Waals surface area contributed by atoms with Crippen molar-refractivity contribution in [2.24, 2.45) is 5.41 Å². The molecule has 1 aliphatic carbocycles. The Balaban J connectivity index is 2.34. The number of fused-ring (bicyclic) bond motifs is 1. The Morgan fingerprint density at radius 1 is 1.44 bits per heavy atom. The first-order chi connectivity index (χ1) is 8.40. The fraction of sp³-hybridized carbons (Fsp3) is 0.533. The average Bonchev–Trinajstić information content (AvgIpc) is 2.67. The molecule has 98 valence electrons. The summed E-state index contributed by atoms with van der Waals surface area (Å²) >= 11 is 0. The van der Waals surface area contributed by atoms with Gasteiger partial charge in [0.05, 0.1) is 6.10 Å². The number of aliphatic hydroxyl groups is 1. The van der Waals surface area contributed by atoms with Crippen molar-refractivity contribution in [3.8, 4) is 0 Å². The van der Waals surface area contributed by atoms with E-state index in [0.717, 1.165) is 17.6 Å². The molecular formula is C15H20O3. The first-order valence-electron chi connectivity index (χ1n) is 6.36. The van der Waals surface area contributed by atoms with E-state index in [9.17, 15) is 9.90 Å². The summed E-state index contributed by atoms with van der Waals surface area (Å²) in [5.41, 5.74) is 1.37. The van der Waals surface area contributed by atoms with E-state index in [2.05, 4.69) is 0 Å². The van der Waals surface area contributed by atoms with E-state index in [4.69, 9.17) is 4.74 Å². The van der Waals surface area contributed by atoms with Gasteiger partial charge >= 0.3 is 5.97 Å². The van der Waals surface area contributed by atoms with Crippen LogP contribution in [0.5, 0.6) is 0 Å². The molecule has 0 spiro atoms. The molecule has 0 saturated carbocycles. The van der Waals surface area contributed by atoms with Crippen molar-refractivity contribution in [3.05, 3.63) is 35.5 Å². The fourth-order valence-electron chi connectivity index (χ4n) is 2.19. The molecule has 2 bridgehead atoms. The lowest BCUT2D eigenvalue weighted by Crippen LogP contribution is -2.27. The summed E-state index contributed by atoms with van der Waals surface area (Å²) in [5.74, 6) is -0.200. The number of hydrogen-bond donors (Lipinski definition) is 1. The van der Waals surface area contributed by atoms with Crippen molar-refractivity contribution < 1.29 is 14.6 Å². The number of rotatable bonds is 0. The van der Waals surface area contributed by atoms with Crippen molar-refractivity contribution in [2.45, 2.75) is 45.8 Å². The maximum Gasteiger partial charge on any atom is 0.334 e. The molecule has 0 unspecified atom stereocenters. The lowest BCUT2D eigenvalue weighted by molar-refractivity contribution is -0.142. The zero-order valence-electron chi connectivity index (χ0n) is 11.1.